The maximum absolute atomic E-state index is 13.2. The molecule has 2 amide bonds. The summed E-state index contributed by atoms with van der Waals surface area (Å²) < 4.78 is 31.3. The fourth-order valence-electron chi connectivity index (χ4n) is 5.51. The Morgan fingerprint density at radius 2 is 1.67 bits per heavy atom. The van der Waals surface area contributed by atoms with Crippen molar-refractivity contribution in [2.75, 3.05) is 53.1 Å². The summed E-state index contributed by atoms with van der Waals surface area (Å²) in [4.78, 5) is 29.7. The van der Waals surface area contributed by atoms with Crippen molar-refractivity contribution in [2.45, 2.75) is 19.3 Å². The number of benzene rings is 1. The highest BCUT2D eigenvalue weighted by molar-refractivity contribution is 7.88. The predicted molar refractivity (Wildman–Crippen MR) is 112 cm³/mol. The van der Waals surface area contributed by atoms with Gasteiger partial charge < -0.3 is 14.5 Å². The minimum absolute atomic E-state index is 0.0450. The fourth-order valence-corrected chi connectivity index (χ4v) is 6.45. The van der Waals surface area contributed by atoms with E-state index in [1.54, 1.807) is 43.3 Å². The van der Waals surface area contributed by atoms with E-state index in [1.807, 2.05) is 4.90 Å². The highest BCUT2D eigenvalue weighted by atomic mass is 32.2. The van der Waals surface area contributed by atoms with E-state index in [1.165, 1.54) is 10.6 Å². The normalized spacial score (nSPS) is 26.7. The Bertz CT molecular complexity index is 953. The molecule has 0 aliphatic carbocycles. The van der Waals surface area contributed by atoms with E-state index >= 15 is 0 Å². The summed E-state index contributed by atoms with van der Waals surface area (Å²) in [5, 5.41) is 0. The predicted octanol–water partition coefficient (Wildman–Crippen LogP) is 1.04. The second-order valence-corrected chi connectivity index (χ2v) is 10.9. The van der Waals surface area contributed by atoms with Crippen molar-refractivity contribution in [1.29, 1.82) is 0 Å². The topological polar surface area (TPSA) is 87.2 Å². The summed E-state index contributed by atoms with van der Waals surface area (Å²) in [6.07, 6.45) is 3.13. The van der Waals surface area contributed by atoms with Gasteiger partial charge in [0.2, 0.25) is 15.9 Å². The average Bonchev–Trinajstić information content (AvgIpc) is 3.21. The summed E-state index contributed by atoms with van der Waals surface area (Å²) in [6, 6.07) is 7.04. The molecule has 3 aliphatic heterocycles. The molecule has 9 heteroatoms. The largest absolute Gasteiger partial charge is 0.497 e. The van der Waals surface area contributed by atoms with Crippen LogP contribution in [0, 0.1) is 10.8 Å². The summed E-state index contributed by atoms with van der Waals surface area (Å²) in [7, 11) is -0.0204. The van der Waals surface area contributed by atoms with Crippen molar-refractivity contribution in [2.24, 2.45) is 10.8 Å². The number of ether oxygens (including phenoxy) is 1. The van der Waals surface area contributed by atoms with Crippen LogP contribution < -0.4 is 4.74 Å². The second-order valence-electron chi connectivity index (χ2n) is 8.89. The number of carbonyl (C=O) groups is 2. The minimum atomic E-state index is -3.39. The molecule has 0 aromatic heterocycles. The van der Waals surface area contributed by atoms with Crippen molar-refractivity contribution >= 4 is 21.8 Å². The smallest absolute Gasteiger partial charge is 0.253 e. The molecule has 164 valence electrons. The summed E-state index contributed by atoms with van der Waals surface area (Å²) >= 11 is 0. The van der Waals surface area contributed by atoms with Crippen molar-refractivity contribution in [1.82, 2.24) is 14.1 Å². The van der Waals surface area contributed by atoms with Crippen molar-refractivity contribution < 1.29 is 22.7 Å². The van der Waals surface area contributed by atoms with Crippen LogP contribution in [0.2, 0.25) is 0 Å². The lowest BCUT2D eigenvalue weighted by Crippen LogP contribution is -2.53. The molecular formula is C21H29N3O5S. The first-order valence-corrected chi connectivity index (χ1v) is 12.1. The molecule has 1 unspecified atom stereocenters. The molecule has 0 bridgehead atoms. The van der Waals surface area contributed by atoms with E-state index in [2.05, 4.69) is 0 Å². The van der Waals surface area contributed by atoms with E-state index in [4.69, 9.17) is 4.74 Å². The lowest BCUT2D eigenvalue weighted by molar-refractivity contribution is -0.141. The molecule has 3 heterocycles. The highest BCUT2D eigenvalue weighted by Gasteiger charge is 2.66. The molecule has 3 saturated heterocycles. The van der Waals surface area contributed by atoms with Crippen LogP contribution in [0.1, 0.15) is 29.6 Å². The number of amides is 2. The first kappa shape index (κ1) is 21.1. The molecule has 0 saturated carbocycles. The molecule has 2 spiro atoms. The van der Waals surface area contributed by atoms with Crippen molar-refractivity contribution in [3.05, 3.63) is 29.8 Å². The van der Waals surface area contributed by atoms with Crippen LogP contribution in [0.4, 0.5) is 0 Å². The number of carbonyl (C=O) groups excluding carboxylic acids is 2. The number of hydrogen-bond donors (Lipinski definition) is 0. The zero-order valence-corrected chi connectivity index (χ0v) is 18.6. The van der Waals surface area contributed by atoms with Gasteiger partial charge in [-0.05, 0) is 43.5 Å². The molecule has 8 nitrogen and oxygen atoms in total. The Balaban J connectivity index is 1.56. The van der Waals surface area contributed by atoms with Crippen molar-refractivity contribution in [3.63, 3.8) is 0 Å². The van der Waals surface area contributed by atoms with Gasteiger partial charge in [-0.15, -0.1) is 0 Å². The van der Waals surface area contributed by atoms with Crippen molar-refractivity contribution in [3.8, 4) is 5.75 Å². The Kier molecular flexibility index (Phi) is 5.09. The molecule has 4 rings (SSSR count). The lowest BCUT2D eigenvalue weighted by atomic mass is 9.60. The SMILES string of the molecule is COc1ccc(C(=O)N2CCC3(CC2)CN(S(C)(=O)=O)CC32CCN(C)C2=O)cc1. The molecule has 0 N–H and O–H groups in total. The van der Waals surface area contributed by atoms with Crippen LogP contribution in [0.15, 0.2) is 24.3 Å². The van der Waals surface area contributed by atoms with E-state index in [-0.39, 0.29) is 18.4 Å². The van der Waals surface area contributed by atoms with Gasteiger partial charge in [-0.3, -0.25) is 9.59 Å². The van der Waals surface area contributed by atoms with E-state index in [9.17, 15) is 18.0 Å². The van der Waals surface area contributed by atoms with Crippen LogP contribution in [0.3, 0.4) is 0 Å². The number of methoxy groups -OCH3 is 1. The average molecular weight is 436 g/mol. The zero-order chi connectivity index (χ0) is 21.7. The molecule has 1 aromatic rings. The molecule has 3 aliphatic rings. The van der Waals surface area contributed by atoms with Crippen LogP contribution in [-0.2, 0) is 14.8 Å². The van der Waals surface area contributed by atoms with Gasteiger partial charge >= 0.3 is 0 Å². The monoisotopic (exact) mass is 435 g/mol. The van der Waals surface area contributed by atoms with Gasteiger partial charge in [0.1, 0.15) is 5.75 Å². The zero-order valence-electron chi connectivity index (χ0n) is 17.8. The third-order valence-electron chi connectivity index (χ3n) is 7.38. The third kappa shape index (κ3) is 3.19. The third-order valence-corrected chi connectivity index (χ3v) is 8.58. The Morgan fingerprint density at radius 3 is 2.17 bits per heavy atom. The van der Waals surface area contributed by atoms with Gasteiger partial charge in [0.15, 0.2) is 0 Å². The Hall–Kier alpha value is -2.13. The van der Waals surface area contributed by atoms with Crippen LogP contribution in [-0.4, -0.2) is 87.5 Å². The summed E-state index contributed by atoms with van der Waals surface area (Å²) in [5.74, 6) is 0.694. The number of likely N-dealkylation sites (tertiary alicyclic amines) is 2. The number of piperidine rings is 1. The second kappa shape index (κ2) is 7.23. The van der Waals surface area contributed by atoms with Gasteiger partial charge in [-0.2, -0.15) is 0 Å². The first-order chi connectivity index (χ1) is 14.1. The number of hydrogen-bond acceptors (Lipinski definition) is 5. The fraction of sp³-hybridized carbons (Fsp3) is 0.619. The van der Waals surface area contributed by atoms with Crippen LogP contribution >= 0.6 is 0 Å². The maximum atomic E-state index is 13.2. The van der Waals surface area contributed by atoms with Crippen LogP contribution in [0.5, 0.6) is 5.75 Å². The molecule has 30 heavy (non-hydrogen) atoms. The quantitative estimate of drug-likeness (QED) is 0.708. The van der Waals surface area contributed by atoms with Gasteiger partial charge in [0.05, 0.1) is 18.8 Å². The molecule has 0 radical (unpaired) electrons. The summed E-state index contributed by atoms with van der Waals surface area (Å²) in [5.41, 5.74) is -0.503. The standard InChI is InChI=1S/C21H29N3O5S/c1-22-11-10-21(19(22)26)15-24(30(3,27)28)14-20(21)8-12-23(13-9-20)18(25)16-4-6-17(29-2)7-5-16/h4-7H,8-15H2,1-3H3. The van der Waals surface area contributed by atoms with E-state index < -0.39 is 20.9 Å². The lowest BCUT2D eigenvalue weighted by Gasteiger charge is -2.46. The van der Waals surface area contributed by atoms with Gasteiger partial charge in [0.25, 0.3) is 5.91 Å². The minimum Gasteiger partial charge on any atom is -0.497 e. The number of fused-ring (bicyclic) bond motifs is 1. The van der Waals surface area contributed by atoms with Gasteiger partial charge in [-0.1, -0.05) is 0 Å². The number of sulfonamides is 1. The maximum Gasteiger partial charge on any atom is 0.253 e. The molecule has 1 atom stereocenters. The molecule has 3 fully saturated rings. The first-order valence-electron chi connectivity index (χ1n) is 10.3. The molecular weight excluding hydrogens is 406 g/mol. The number of rotatable bonds is 3. The van der Waals surface area contributed by atoms with E-state index in [0.717, 1.165) is 0 Å². The van der Waals surface area contributed by atoms with Gasteiger partial charge in [-0.25, -0.2) is 12.7 Å². The summed E-state index contributed by atoms with van der Waals surface area (Å²) in [6.45, 7) is 2.28. The Labute approximate surface area is 177 Å². The van der Waals surface area contributed by atoms with Crippen LogP contribution in [0.25, 0.3) is 0 Å². The van der Waals surface area contributed by atoms with Gasteiger partial charge in [0, 0.05) is 50.7 Å². The molecule has 1 aromatic carbocycles. The Morgan fingerprint density at radius 1 is 1.03 bits per heavy atom. The van der Waals surface area contributed by atoms with E-state index in [0.29, 0.717) is 56.8 Å². The number of nitrogens with zero attached hydrogens (tertiary/aromatic N) is 3. The highest BCUT2D eigenvalue weighted by Crippen LogP contribution is 2.58.